The van der Waals surface area contributed by atoms with Gasteiger partial charge in [0.15, 0.2) is 23.0 Å². The van der Waals surface area contributed by atoms with Gasteiger partial charge in [0.25, 0.3) is 0 Å². The molecule has 5 nitrogen and oxygen atoms in total. The number of nitrogens with one attached hydrogen (secondary N) is 1. The molecule has 0 bridgehead atoms. The summed E-state index contributed by atoms with van der Waals surface area (Å²) in [6, 6.07) is 11.8. The molecule has 0 radical (unpaired) electrons. The minimum absolute atomic E-state index is 0.293. The number of ether oxygens (including phenoxy) is 4. The summed E-state index contributed by atoms with van der Waals surface area (Å²) < 4.78 is 21.3. The molecule has 2 aromatic carbocycles. The van der Waals surface area contributed by atoms with E-state index in [0.29, 0.717) is 20.1 Å². The van der Waals surface area contributed by atoms with Crippen LogP contribution in [0.3, 0.4) is 0 Å². The first kappa shape index (κ1) is 11.3. The normalized spacial score (nSPS) is 14.4. The zero-order valence-corrected chi connectivity index (χ0v) is 10.7. The molecule has 1 N–H and O–H groups in total. The molecule has 20 heavy (non-hydrogen) atoms. The van der Waals surface area contributed by atoms with Crippen molar-refractivity contribution in [2.24, 2.45) is 0 Å². The van der Waals surface area contributed by atoms with Gasteiger partial charge < -0.3 is 24.3 Å². The number of benzene rings is 2. The third-order valence-electron chi connectivity index (χ3n) is 3.31. The Morgan fingerprint density at radius 2 is 1.40 bits per heavy atom. The molecule has 0 amide bonds. The van der Waals surface area contributed by atoms with Gasteiger partial charge in [0.2, 0.25) is 13.6 Å². The Morgan fingerprint density at radius 3 is 2.20 bits per heavy atom. The van der Waals surface area contributed by atoms with Crippen molar-refractivity contribution < 1.29 is 18.9 Å². The minimum Gasteiger partial charge on any atom is -0.454 e. The number of fused-ring (bicyclic) bond motifs is 2. The molecule has 5 heteroatoms. The predicted octanol–water partition coefficient (Wildman–Crippen LogP) is 2.76. The molecular formula is C15H13NO4. The summed E-state index contributed by atoms with van der Waals surface area (Å²) >= 11 is 0. The van der Waals surface area contributed by atoms with Gasteiger partial charge in [-0.3, -0.25) is 0 Å². The topological polar surface area (TPSA) is 49.0 Å². The molecule has 0 aromatic heterocycles. The van der Waals surface area contributed by atoms with Crippen molar-refractivity contribution in [1.29, 1.82) is 0 Å². The maximum atomic E-state index is 5.37. The zero-order chi connectivity index (χ0) is 13.4. The van der Waals surface area contributed by atoms with E-state index >= 15 is 0 Å². The third kappa shape index (κ3) is 1.97. The van der Waals surface area contributed by atoms with Gasteiger partial charge in [-0.2, -0.15) is 0 Å². The molecule has 0 unspecified atom stereocenters. The van der Waals surface area contributed by atoms with Crippen LogP contribution in [0.15, 0.2) is 36.4 Å². The van der Waals surface area contributed by atoms with Crippen molar-refractivity contribution in [3.8, 4) is 23.0 Å². The molecule has 2 aliphatic rings. The summed E-state index contributed by atoms with van der Waals surface area (Å²) in [5.74, 6) is 3.17. The van der Waals surface area contributed by atoms with Crippen LogP contribution in [-0.4, -0.2) is 13.6 Å². The lowest BCUT2D eigenvalue weighted by Gasteiger charge is -2.08. The molecule has 0 aliphatic carbocycles. The first-order valence-corrected chi connectivity index (χ1v) is 6.40. The Bertz CT molecular complexity index is 599. The van der Waals surface area contributed by atoms with E-state index in [9.17, 15) is 0 Å². The summed E-state index contributed by atoms with van der Waals surface area (Å²) in [5, 5.41) is 3.35. The number of hydrogen-bond acceptors (Lipinski definition) is 5. The molecule has 0 fully saturated rings. The van der Waals surface area contributed by atoms with Crippen LogP contribution in [-0.2, 0) is 6.54 Å². The molecule has 4 rings (SSSR count). The van der Waals surface area contributed by atoms with Crippen LogP contribution in [0, 0.1) is 0 Å². The average molecular weight is 271 g/mol. The Morgan fingerprint density at radius 1 is 0.750 bits per heavy atom. The first-order chi connectivity index (χ1) is 9.88. The van der Waals surface area contributed by atoms with Crippen molar-refractivity contribution >= 4 is 5.69 Å². The lowest BCUT2D eigenvalue weighted by molar-refractivity contribution is 0.173. The van der Waals surface area contributed by atoms with Crippen molar-refractivity contribution in [1.82, 2.24) is 0 Å². The van der Waals surface area contributed by atoms with E-state index in [-0.39, 0.29) is 0 Å². The molecule has 2 heterocycles. The second-order valence-corrected chi connectivity index (χ2v) is 4.61. The Balaban J connectivity index is 1.47. The molecular weight excluding hydrogens is 258 g/mol. The van der Waals surface area contributed by atoms with E-state index in [0.717, 1.165) is 34.2 Å². The van der Waals surface area contributed by atoms with Gasteiger partial charge in [-0.25, -0.2) is 0 Å². The van der Waals surface area contributed by atoms with E-state index in [2.05, 4.69) is 5.32 Å². The molecule has 102 valence electrons. The summed E-state index contributed by atoms with van der Waals surface area (Å²) in [6.07, 6.45) is 0. The van der Waals surface area contributed by atoms with Crippen molar-refractivity contribution in [2.45, 2.75) is 6.54 Å². The zero-order valence-electron chi connectivity index (χ0n) is 10.7. The molecule has 0 atom stereocenters. The highest BCUT2D eigenvalue weighted by molar-refractivity contribution is 5.56. The van der Waals surface area contributed by atoms with E-state index in [1.54, 1.807) is 0 Å². The Kier molecular flexibility index (Phi) is 2.55. The summed E-state index contributed by atoms with van der Waals surface area (Å²) in [7, 11) is 0. The van der Waals surface area contributed by atoms with Crippen molar-refractivity contribution in [3.05, 3.63) is 42.0 Å². The maximum Gasteiger partial charge on any atom is 0.231 e. The first-order valence-electron chi connectivity index (χ1n) is 6.40. The van der Waals surface area contributed by atoms with Crippen LogP contribution in [0.5, 0.6) is 23.0 Å². The van der Waals surface area contributed by atoms with Crippen LogP contribution >= 0.6 is 0 Å². The van der Waals surface area contributed by atoms with Crippen LogP contribution in [0.4, 0.5) is 5.69 Å². The minimum atomic E-state index is 0.293. The SMILES string of the molecule is c1cc2c(cc1CNc1ccc3c(c1)OCO3)OCO2. The van der Waals surface area contributed by atoms with Gasteiger partial charge in [0, 0.05) is 18.3 Å². The van der Waals surface area contributed by atoms with Crippen LogP contribution in [0.2, 0.25) is 0 Å². The second kappa shape index (κ2) is 4.52. The quantitative estimate of drug-likeness (QED) is 0.930. The Labute approximate surface area is 116 Å². The summed E-state index contributed by atoms with van der Waals surface area (Å²) in [6.45, 7) is 1.30. The van der Waals surface area contributed by atoms with Crippen molar-refractivity contribution in [3.63, 3.8) is 0 Å². The van der Waals surface area contributed by atoms with E-state index in [1.165, 1.54) is 0 Å². The maximum absolute atomic E-state index is 5.37. The number of rotatable bonds is 3. The lowest BCUT2D eigenvalue weighted by atomic mass is 10.2. The molecule has 0 saturated carbocycles. The summed E-state index contributed by atoms with van der Waals surface area (Å²) in [4.78, 5) is 0. The molecule has 2 aromatic rings. The number of anilines is 1. The van der Waals surface area contributed by atoms with Gasteiger partial charge in [-0.05, 0) is 29.8 Å². The van der Waals surface area contributed by atoms with E-state index in [1.807, 2.05) is 36.4 Å². The molecule has 0 spiro atoms. The smallest absolute Gasteiger partial charge is 0.231 e. The highest BCUT2D eigenvalue weighted by Gasteiger charge is 2.14. The third-order valence-corrected chi connectivity index (χ3v) is 3.31. The van der Waals surface area contributed by atoms with Crippen LogP contribution < -0.4 is 24.3 Å². The summed E-state index contributed by atoms with van der Waals surface area (Å²) in [5.41, 5.74) is 2.12. The van der Waals surface area contributed by atoms with Gasteiger partial charge >= 0.3 is 0 Å². The predicted molar refractivity (Wildman–Crippen MR) is 72.5 cm³/mol. The molecule has 0 saturated heterocycles. The molecule has 2 aliphatic heterocycles. The van der Waals surface area contributed by atoms with Gasteiger partial charge in [0.1, 0.15) is 0 Å². The largest absolute Gasteiger partial charge is 0.454 e. The van der Waals surface area contributed by atoms with E-state index < -0.39 is 0 Å². The fourth-order valence-corrected chi connectivity index (χ4v) is 2.26. The fraction of sp³-hybridized carbons (Fsp3) is 0.200. The van der Waals surface area contributed by atoms with Gasteiger partial charge in [-0.15, -0.1) is 0 Å². The van der Waals surface area contributed by atoms with Crippen LogP contribution in [0.25, 0.3) is 0 Å². The van der Waals surface area contributed by atoms with Crippen LogP contribution in [0.1, 0.15) is 5.56 Å². The number of hydrogen-bond donors (Lipinski definition) is 1. The Hall–Kier alpha value is -2.56. The van der Waals surface area contributed by atoms with Crippen molar-refractivity contribution in [2.75, 3.05) is 18.9 Å². The van der Waals surface area contributed by atoms with E-state index in [4.69, 9.17) is 18.9 Å². The average Bonchev–Trinajstić information content (AvgIpc) is 3.12. The van der Waals surface area contributed by atoms with Gasteiger partial charge in [0.05, 0.1) is 0 Å². The highest BCUT2D eigenvalue weighted by atomic mass is 16.7. The fourth-order valence-electron chi connectivity index (χ4n) is 2.26. The second-order valence-electron chi connectivity index (χ2n) is 4.61. The monoisotopic (exact) mass is 271 g/mol. The highest BCUT2D eigenvalue weighted by Crippen LogP contribution is 2.35. The lowest BCUT2D eigenvalue weighted by Crippen LogP contribution is -1.99. The van der Waals surface area contributed by atoms with Gasteiger partial charge in [-0.1, -0.05) is 6.07 Å². The standard InChI is InChI=1S/C15H13NO4/c1-3-12-14(19-8-17-12)5-10(1)7-16-11-2-4-13-15(6-11)20-9-18-13/h1-6,16H,7-9H2.